The molecule has 0 aliphatic heterocycles. The van der Waals surface area contributed by atoms with Crippen molar-refractivity contribution in [3.05, 3.63) is 48.3 Å². The lowest BCUT2D eigenvalue weighted by molar-refractivity contribution is -0.196. The van der Waals surface area contributed by atoms with E-state index in [0.29, 0.717) is 12.1 Å². The van der Waals surface area contributed by atoms with Crippen LogP contribution in [0, 0.1) is 11.7 Å². The maximum Gasteiger partial charge on any atom is 0.252 e. The summed E-state index contributed by atoms with van der Waals surface area (Å²) in [5, 5.41) is 23.5. The van der Waals surface area contributed by atoms with Gasteiger partial charge in [0, 0.05) is 19.4 Å². The highest BCUT2D eigenvalue weighted by atomic mass is 19.1. The molecule has 6 nitrogen and oxygen atoms in total. The Hall–Kier alpha value is -1.80. The molecule has 0 heterocycles. The molecule has 4 atom stereocenters. The number of amides is 1. The van der Waals surface area contributed by atoms with Gasteiger partial charge in [0.1, 0.15) is 11.9 Å². The van der Waals surface area contributed by atoms with Crippen LogP contribution in [0.1, 0.15) is 32.3 Å². The van der Waals surface area contributed by atoms with Crippen LogP contribution in [-0.2, 0) is 20.9 Å². The van der Waals surface area contributed by atoms with Crippen LogP contribution < -0.4 is 5.32 Å². The predicted molar refractivity (Wildman–Crippen MR) is 103 cm³/mol. The van der Waals surface area contributed by atoms with Crippen LogP contribution in [0.3, 0.4) is 0 Å². The molecule has 2 rings (SSSR count). The van der Waals surface area contributed by atoms with Gasteiger partial charge in [-0.1, -0.05) is 32.1 Å². The lowest BCUT2D eigenvalue weighted by Gasteiger charge is -2.43. The number of aliphatic hydroxyl groups excluding tert-OH is 2. The van der Waals surface area contributed by atoms with Crippen LogP contribution in [0.15, 0.2) is 36.9 Å². The normalized spacial score (nSPS) is 27.6. The zero-order valence-corrected chi connectivity index (χ0v) is 16.4. The van der Waals surface area contributed by atoms with Gasteiger partial charge in [-0.2, -0.15) is 0 Å². The number of carbonyl (C=O) groups excluding carboxylic acids is 1. The van der Waals surface area contributed by atoms with Crippen LogP contribution in [-0.4, -0.2) is 53.2 Å². The molecule has 1 saturated carbocycles. The smallest absolute Gasteiger partial charge is 0.252 e. The number of nitrogens with one attached hydrogen (secondary N) is 1. The molecule has 1 aliphatic rings. The van der Waals surface area contributed by atoms with Crippen LogP contribution in [0.5, 0.6) is 0 Å². The molecule has 0 bridgehead atoms. The van der Waals surface area contributed by atoms with Gasteiger partial charge < -0.3 is 25.0 Å². The Morgan fingerprint density at radius 2 is 2.18 bits per heavy atom. The molecule has 7 heteroatoms. The average Bonchev–Trinajstić information content (AvgIpc) is 2.66. The van der Waals surface area contributed by atoms with E-state index in [1.807, 2.05) is 13.8 Å². The second-order valence-electron chi connectivity index (χ2n) is 7.64. The van der Waals surface area contributed by atoms with Gasteiger partial charge in [-0.3, -0.25) is 4.79 Å². The molecule has 1 aromatic carbocycles. The van der Waals surface area contributed by atoms with E-state index < -0.39 is 29.7 Å². The predicted octanol–water partition coefficient (Wildman–Crippen LogP) is 1.94. The second kappa shape index (κ2) is 10.1. The van der Waals surface area contributed by atoms with Gasteiger partial charge in [-0.05, 0) is 23.6 Å². The third-order valence-electron chi connectivity index (χ3n) is 4.76. The van der Waals surface area contributed by atoms with E-state index in [-0.39, 0.29) is 37.9 Å². The number of ether oxygens (including phenoxy) is 2. The van der Waals surface area contributed by atoms with E-state index in [1.165, 1.54) is 18.2 Å². The molecular formula is C21H30FNO5. The first kappa shape index (κ1) is 22.5. The lowest BCUT2D eigenvalue weighted by Crippen LogP contribution is -2.61. The summed E-state index contributed by atoms with van der Waals surface area (Å²) in [7, 11) is 0. The van der Waals surface area contributed by atoms with Crippen LogP contribution in [0.4, 0.5) is 4.39 Å². The number of benzene rings is 1. The lowest BCUT2D eigenvalue weighted by atomic mass is 9.78. The number of hydrogen-bond acceptors (Lipinski definition) is 5. The van der Waals surface area contributed by atoms with Crippen molar-refractivity contribution in [1.82, 2.24) is 5.32 Å². The van der Waals surface area contributed by atoms with Crippen molar-refractivity contribution < 1.29 is 28.9 Å². The molecule has 156 valence electrons. The number of rotatable bonds is 9. The van der Waals surface area contributed by atoms with Crippen LogP contribution >= 0.6 is 0 Å². The van der Waals surface area contributed by atoms with E-state index in [2.05, 4.69) is 11.9 Å². The molecule has 1 aliphatic carbocycles. The summed E-state index contributed by atoms with van der Waals surface area (Å²) < 4.78 is 25.0. The summed E-state index contributed by atoms with van der Waals surface area (Å²) in [4.78, 5) is 13.0. The van der Waals surface area contributed by atoms with Gasteiger partial charge >= 0.3 is 0 Å². The van der Waals surface area contributed by atoms with Crippen molar-refractivity contribution in [3.8, 4) is 0 Å². The van der Waals surface area contributed by atoms with Gasteiger partial charge in [0.05, 0.1) is 25.4 Å². The highest BCUT2D eigenvalue weighted by molar-refractivity contribution is 5.85. The number of halogens is 1. The quantitative estimate of drug-likeness (QED) is 0.556. The molecule has 1 aromatic rings. The van der Waals surface area contributed by atoms with Gasteiger partial charge in [0.15, 0.2) is 5.60 Å². The standard InChI is InChI=1S/C21H30FNO5/c1-4-8-27-18-11-21(10-17(24)19(18)25,20(26)23-12-14(2)3)28-13-15-6-5-7-16(22)9-15/h4-7,9,14,17-19,24-25H,1,8,10-13H2,2-3H3,(H,23,26)/t17-,18+,19-,21+/m1/s1. The fraction of sp³-hybridized carbons (Fsp3) is 0.571. The Bertz CT molecular complexity index is 668. The van der Waals surface area contributed by atoms with Gasteiger partial charge in [0.2, 0.25) is 0 Å². The monoisotopic (exact) mass is 395 g/mol. The van der Waals surface area contributed by atoms with Crippen molar-refractivity contribution in [2.75, 3.05) is 13.2 Å². The van der Waals surface area contributed by atoms with Gasteiger partial charge in [0.25, 0.3) is 5.91 Å². The zero-order chi connectivity index (χ0) is 20.7. The SMILES string of the molecule is C=CCO[C@H]1C[C@](OCc2cccc(F)c2)(C(=O)NCC(C)C)C[C@@H](O)[C@H]1O. The molecule has 0 aromatic heterocycles. The zero-order valence-electron chi connectivity index (χ0n) is 16.4. The summed E-state index contributed by atoms with van der Waals surface area (Å²) in [6.07, 6.45) is -1.61. The molecule has 0 spiro atoms. The molecule has 1 fully saturated rings. The number of aliphatic hydroxyl groups is 2. The Labute approximate surface area is 165 Å². The Balaban J connectivity index is 2.23. The third-order valence-corrected chi connectivity index (χ3v) is 4.76. The Morgan fingerprint density at radius 3 is 2.82 bits per heavy atom. The first-order valence-electron chi connectivity index (χ1n) is 9.52. The number of hydrogen-bond donors (Lipinski definition) is 3. The minimum absolute atomic E-state index is 0.0101. The maximum absolute atomic E-state index is 13.5. The molecule has 28 heavy (non-hydrogen) atoms. The Kier molecular flexibility index (Phi) is 8.12. The summed E-state index contributed by atoms with van der Waals surface area (Å²) in [6.45, 7) is 8.12. The van der Waals surface area contributed by atoms with Crippen LogP contribution in [0.2, 0.25) is 0 Å². The van der Waals surface area contributed by atoms with E-state index in [0.717, 1.165) is 0 Å². The van der Waals surface area contributed by atoms with Crippen molar-refractivity contribution >= 4 is 5.91 Å². The fourth-order valence-corrected chi connectivity index (χ4v) is 3.26. The summed E-state index contributed by atoms with van der Waals surface area (Å²) in [6, 6.07) is 5.92. The van der Waals surface area contributed by atoms with E-state index in [1.54, 1.807) is 12.1 Å². The minimum Gasteiger partial charge on any atom is -0.390 e. The molecular weight excluding hydrogens is 365 g/mol. The third kappa shape index (κ3) is 5.85. The van der Waals surface area contributed by atoms with E-state index in [4.69, 9.17) is 9.47 Å². The van der Waals surface area contributed by atoms with Gasteiger partial charge in [-0.15, -0.1) is 6.58 Å². The molecule has 1 amide bonds. The minimum atomic E-state index is -1.40. The second-order valence-corrected chi connectivity index (χ2v) is 7.64. The summed E-state index contributed by atoms with van der Waals surface area (Å²) in [5.74, 6) is -0.544. The fourth-order valence-electron chi connectivity index (χ4n) is 3.26. The molecule has 0 unspecified atom stereocenters. The van der Waals surface area contributed by atoms with Gasteiger partial charge in [-0.25, -0.2) is 4.39 Å². The highest BCUT2D eigenvalue weighted by Crippen LogP contribution is 2.35. The largest absolute Gasteiger partial charge is 0.390 e. The number of carbonyl (C=O) groups is 1. The highest BCUT2D eigenvalue weighted by Gasteiger charge is 2.51. The van der Waals surface area contributed by atoms with Crippen molar-refractivity contribution in [2.45, 2.75) is 57.2 Å². The van der Waals surface area contributed by atoms with Crippen molar-refractivity contribution in [3.63, 3.8) is 0 Å². The van der Waals surface area contributed by atoms with Crippen molar-refractivity contribution in [1.29, 1.82) is 0 Å². The molecule has 0 radical (unpaired) electrons. The topological polar surface area (TPSA) is 88.0 Å². The Morgan fingerprint density at radius 1 is 1.43 bits per heavy atom. The average molecular weight is 395 g/mol. The summed E-state index contributed by atoms with van der Waals surface area (Å²) >= 11 is 0. The van der Waals surface area contributed by atoms with Crippen LogP contribution in [0.25, 0.3) is 0 Å². The molecule has 0 saturated heterocycles. The summed E-state index contributed by atoms with van der Waals surface area (Å²) in [5.41, 5.74) is -0.827. The molecule has 3 N–H and O–H groups in total. The van der Waals surface area contributed by atoms with Crippen molar-refractivity contribution in [2.24, 2.45) is 5.92 Å². The van der Waals surface area contributed by atoms with E-state index >= 15 is 0 Å². The first-order valence-corrected chi connectivity index (χ1v) is 9.52. The first-order chi connectivity index (χ1) is 13.3. The van der Waals surface area contributed by atoms with E-state index in [9.17, 15) is 19.4 Å². The maximum atomic E-state index is 13.5.